The number of aromatic amines is 1. The normalized spacial score (nSPS) is 11.0. The van der Waals surface area contributed by atoms with E-state index in [-0.39, 0.29) is 5.91 Å². The average Bonchev–Trinajstić information content (AvgIpc) is 3.23. The van der Waals surface area contributed by atoms with E-state index in [2.05, 4.69) is 51.7 Å². The first-order chi connectivity index (χ1) is 12.1. The van der Waals surface area contributed by atoms with Gasteiger partial charge >= 0.3 is 0 Å². The lowest BCUT2D eigenvalue weighted by molar-refractivity contribution is 0.102. The number of hydrogen-bond acceptors (Lipinski definition) is 6. The molecular weight excluding hydrogens is 354 g/mol. The molecule has 2 N–H and O–H groups in total. The number of benzene rings is 1. The van der Waals surface area contributed by atoms with E-state index in [9.17, 15) is 4.79 Å². The number of carbonyl (C=O) groups is 1. The molecule has 1 amide bonds. The van der Waals surface area contributed by atoms with Gasteiger partial charge in [0.15, 0.2) is 10.0 Å². The van der Waals surface area contributed by atoms with Crippen LogP contribution >= 0.6 is 23.1 Å². The Morgan fingerprint density at radius 2 is 2.08 bits per heavy atom. The third kappa shape index (κ3) is 5.14. The van der Waals surface area contributed by atoms with Gasteiger partial charge in [0, 0.05) is 11.4 Å². The first-order valence-electron chi connectivity index (χ1n) is 7.96. The molecule has 3 aromatic rings. The largest absolute Gasteiger partial charge is 0.295 e. The van der Waals surface area contributed by atoms with Crippen molar-refractivity contribution in [3.63, 3.8) is 0 Å². The van der Waals surface area contributed by atoms with Gasteiger partial charge in [0.25, 0.3) is 5.91 Å². The molecule has 6 nitrogen and oxygen atoms in total. The van der Waals surface area contributed by atoms with Gasteiger partial charge < -0.3 is 0 Å². The van der Waals surface area contributed by atoms with Crippen LogP contribution in [-0.4, -0.2) is 26.3 Å². The molecule has 2 heterocycles. The van der Waals surface area contributed by atoms with Crippen LogP contribution in [0, 0.1) is 5.92 Å². The summed E-state index contributed by atoms with van der Waals surface area (Å²) in [6.45, 7) is 4.24. The van der Waals surface area contributed by atoms with Crippen LogP contribution in [0.4, 0.5) is 5.13 Å². The van der Waals surface area contributed by atoms with Gasteiger partial charge in [-0.2, -0.15) is 5.10 Å². The molecule has 0 fully saturated rings. The summed E-state index contributed by atoms with van der Waals surface area (Å²) in [4.78, 5) is 12.2. The SMILES string of the molecule is CC(C)Cc1cc(C(=O)Nc2nnc(SCc3ccccc3)s2)n[nH]1. The molecule has 0 unspecified atom stereocenters. The maximum Gasteiger partial charge on any atom is 0.277 e. The standard InChI is InChI=1S/C17H19N5OS2/c1-11(2)8-13-9-14(20-19-13)15(23)18-16-21-22-17(25-16)24-10-12-6-4-3-5-7-12/h3-7,9,11H,8,10H2,1-2H3,(H,19,20)(H,18,21,23). The van der Waals surface area contributed by atoms with E-state index in [1.165, 1.54) is 16.9 Å². The molecule has 130 valence electrons. The van der Waals surface area contributed by atoms with Gasteiger partial charge in [-0.1, -0.05) is 67.3 Å². The van der Waals surface area contributed by atoms with Crippen LogP contribution in [0.2, 0.25) is 0 Å². The molecule has 3 rings (SSSR count). The molecule has 0 atom stereocenters. The van der Waals surface area contributed by atoms with E-state index in [0.717, 1.165) is 22.2 Å². The number of hydrogen-bond donors (Lipinski definition) is 2. The number of thioether (sulfide) groups is 1. The predicted molar refractivity (Wildman–Crippen MR) is 101 cm³/mol. The summed E-state index contributed by atoms with van der Waals surface area (Å²) in [5.41, 5.74) is 2.54. The first kappa shape index (κ1) is 17.6. The van der Waals surface area contributed by atoms with Crippen molar-refractivity contribution >= 4 is 34.1 Å². The Hall–Kier alpha value is -2.19. The molecule has 1 aromatic carbocycles. The van der Waals surface area contributed by atoms with Crippen LogP contribution in [0.1, 0.15) is 35.6 Å². The second-order valence-electron chi connectivity index (χ2n) is 5.98. The smallest absolute Gasteiger partial charge is 0.277 e. The first-order valence-corrected chi connectivity index (χ1v) is 9.76. The average molecular weight is 374 g/mol. The minimum absolute atomic E-state index is 0.276. The Bertz CT molecular complexity index is 828. The quantitative estimate of drug-likeness (QED) is 0.483. The van der Waals surface area contributed by atoms with Gasteiger partial charge in [0.05, 0.1) is 0 Å². The monoisotopic (exact) mass is 373 g/mol. The van der Waals surface area contributed by atoms with Crippen molar-refractivity contribution in [2.75, 3.05) is 5.32 Å². The van der Waals surface area contributed by atoms with Gasteiger partial charge in [-0.25, -0.2) is 0 Å². The third-order valence-electron chi connectivity index (χ3n) is 3.32. The van der Waals surface area contributed by atoms with Crippen molar-refractivity contribution in [2.24, 2.45) is 5.92 Å². The van der Waals surface area contributed by atoms with E-state index in [4.69, 9.17) is 0 Å². The van der Waals surface area contributed by atoms with E-state index in [1.807, 2.05) is 18.2 Å². The van der Waals surface area contributed by atoms with Crippen molar-refractivity contribution < 1.29 is 4.79 Å². The minimum atomic E-state index is -0.276. The highest BCUT2D eigenvalue weighted by atomic mass is 32.2. The maximum atomic E-state index is 12.2. The second kappa shape index (κ2) is 8.26. The zero-order valence-electron chi connectivity index (χ0n) is 14.0. The molecule has 0 aliphatic rings. The molecule has 0 bridgehead atoms. The zero-order valence-corrected chi connectivity index (χ0v) is 15.7. The van der Waals surface area contributed by atoms with Crippen molar-refractivity contribution in [1.29, 1.82) is 0 Å². The number of H-pyrrole nitrogens is 1. The highest BCUT2D eigenvalue weighted by Gasteiger charge is 2.14. The van der Waals surface area contributed by atoms with Crippen molar-refractivity contribution in [1.82, 2.24) is 20.4 Å². The zero-order chi connectivity index (χ0) is 17.6. The Labute approximate surface area is 154 Å². The van der Waals surface area contributed by atoms with Crippen LogP contribution < -0.4 is 5.32 Å². The third-order valence-corrected chi connectivity index (χ3v) is 5.37. The fourth-order valence-electron chi connectivity index (χ4n) is 2.22. The minimum Gasteiger partial charge on any atom is -0.295 e. The number of nitrogens with one attached hydrogen (secondary N) is 2. The van der Waals surface area contributed by atoms with Gasteiger partial charge in [0.2, 0.25) is 5.13 Å². The van der Waals surface area contributed by atoms with Gasteiger partial charge in [-0.05, 0) is 24.0 Å². The molecule has 0 spiro atoms. The molecule has 0 radical (unpaired) electrons. The lowest BCUT2D eigenvalue weighted by atomic mass is 10.1. The van der Waals surface area contributed by atoms with Gasteiger partial charge in [-0.15, -0.1) is 10.2 Å². The Kier molecular flexibility index (Phi) is 5.83. The summed E-state index contributed by atoms with van der Waals surface area (Å²) in [5.74, 6) is 1.05. The fourth-order valence-corrected chi connectivity index (χ4v) is 3.92. The number of anilines is 1. The maximum absolute atomic E-state index is 12.2. The van der Waals surface area contributed by atoms with Crippen LogP contribution in [0.15, 0.2) is 40.7 Å². The molecule has 0 aliphatic carbocycles. The summed E-state index contributed by atoms with van der Waals surface area (Å²) >= 11 is 2.96. The molecule has 25 heavy (non-hydrogen) atoms. The van der Waals surface area contributed by atoms with Gasteiger partial charge in [-0.3, -0.25) is 15.2 Å². The predicted octanol–water partition coefficient (Wildman–Crippen LogP) is 4.00. The summed E-state index contributed by atoms with van der Waals surface area (Å²) in [6, 6.07) is 11.9. The molecule has 0 saturated heterocycles. The highest BCUT2D eigenvalue weighted by molar-refractivity contribution is 8.00. The Morgan fingerprint density at radius 3 is 2.84 bits per heavy atom. The number of carbonyl (C=O) groups excluding carboxylic acids is 1. The summed E-state index contributed by atoms with van der Waals surface area (Å²) in [6.07, 6.45) is 0.860. The number of aromatic nitrogens is 4. The lowest BCUT2D eigenvalue weighted by Gasteiger charge is -1.99. The van der Waals surface area contributed by atoms with Crippen LogP contribution in [0.3, 0.4) is 0 Å². The molecule has 0 aliphatic heterocycles. The van der Waals surface area contributed by atoms with Crippen LogP contribution in [0.25, 0.3) is 0 Å². The molecule has 8 heteroatoms. The van der Waals surface area contributed by atoms with Crippen LogP contribution in [-0.2, 0) is 12.2 Å². The summed E-state index contributed by atoms with van der Waals surface area (Å²) < 4.78 is 0.821. The number of amides is 1. The Balaban J connectivity index is 1.55. The van der Waals surface area contributed by atoms with Gasteiger partial charge in [0.1, 0.15) is 0 Å². The fraction of sp³-hybridized carbons (Fsp3) is 0.294. The number of nitrogens with zero attached hydrogens (tertiary/aromatic N) is 3. The highest BCUT2D eigenvalue weighted by Crippen LogP contribution is 2.28. The topological polar surface area (TPSA) is 83.6 Å². The summed E-state index contributed by atoms with van der Waals surface area (Å²) in [7, 11) is 0. The molecule has 2 aromatic heterocycles. The molecule has 0 saturated carbocycles. The lowest BCUT2D eigenvalue weighted by Crippen LogP contribution is -2.12. The van der Waals surface area contributed by atoms with E-state index in [1.54, 1.807) is 17.8 Å². The van der Waals surface area contributed by atoms with Crippen LogP contribution in [0.5, 0.6) is 0 Å². The van der Waals surface area contributed by atoms with E-state index >= 15 is 0 Å². The Morgan fingerprint density at radius 1 is 1.28 bits per heavy atom. The second-order valence-corrected chi connectivity index (χ2v) is 8.18. The van der Waals surface area contributed by atoms with Crippen molar-refractivity contribution in [2.45, 2.75) is 30.4 Å². The van der Waals surface area contributed by atoms with E-state index in [0.29, 0.717) is 16.7 Å². The molecular formula is C17H19N5OS2. The van der Waals surface area contributed by atoms with Crippen molar-refractivity contribution in [3.8, 4) is 0 Å². The van der Waals surface area contributed by atoms with Crippen molar-refractivity contribution in [3.05, 3.63) is 53.3 Å². The number of rotatable bonds is 7. The van der Waals surface area contributed by atoms with E-state index < -0.39 is 0 Å². The summed E-state index contributed by atoms with van der Waals surface area (Å²) in [5, 5.41) is 18.3.